The van der Waals surface area contributed by atoms with Crippen molar-refractivity contribution in [3.8, 4) is 0 Å². The second-order valence-electron chi connectivity index (χ2n) is 5.70. The predicted octanol–water partition coefficient (Wildman–Crippen LogP) is 1.80. The minimum atomic E-state index is -0.0205. The van der Waals surface area contributed by atoms with Gasteiger partial charge in [-0.05, 0) is 24.5 Å². The van der Waals surface area contributed by atoms with Crippen molar-refractivity contribution in [3.05, 3.63) is 35.4 Å². The van der Waals surface area contributed by atoms with Crippen LogP contribution in [-0.4, -0.2) is 54.5 Å². The zero-order valence-corrected chi connectivity index (χ0v) is 13.5. The number of carbonyl (C=O) groups is 2. The van der Waals surface area contributed by atoms with E-state index in [0.717, 1.165) is 17.5 Å². The first-order valence-corrected chi connectivity index (χ1v) is 7.97. The van der Waals surface area contributed by atoms with Crippen LogP contribution in [-0.2, 0) is 11.2 Å². The van der Waals surface area contributed by atoms with Crippen molar-refractivity contribution < 1.29 is 9.59 Å². The van der Waals surface area contributed by atoms with Crippen LogP contribution in [0.5, 0.6) is 0 Å². The third-order valence-corrected chi connectivity index (χ3v) is 4.05. The van der Waals surface area contributed by atoms with Crippen LogP contribution in [0, 0.1) is 6.92 Å². The van der Waals surface area contributed by atoms with Gasteiger partial charge in [0.05, 0.1) is 6.42 Å². The predicted molar refractivity (Wildman–Crippen MR) is 86.7 cm³/mol. The van der Waals surface area contributed by atoms with Gasteiger partial charge >= 0.3 is 6.03 Å². The van der Waals surface area contributed by atoms with Crippen LogP contribution >= 0.6 is 0 Å². The molecule has 120 valence electrons. The first kappa shape index (κ1) is 16.3. The van der Waals surface area contributed by atoms with Gasteiger partial charge in [0.1, 0.15) is 0 Å². The van der Waals surface area contributed by atoms with Crippen molar-refractivity contribution in [2.75, 3.05) is 32.7 Å². The average Bonchev–Trinajstić information content (AvgIpc) is 2.55. The second kappa shape index (κ2) is 7.82. The monoisotopic (exact) mass is 303 g/mol. The summed E-state index contributed by atoms with van der Waals surface area (Å²) in [6.07, 6.45) is 1.37. The number of urea groups is 1. The van der Waals surface area contributed by atoms with E-state index in [4.69, 9.17) is 0 Å². The lowest BCUT2D eigenvalue weighted by atomic mass is 10.1. The number of aryl methyl sites for hydroxylation is 1. The van der Waals surface area contributed by atoms with E-state index < -0.39 is 0 Å². The number of nitrogens with zero attached hydrogens (tertiary/aromatic N) is 2. The van der Waals surface area contributed by atoms with Crippen LogP contribution in [0.1, 0.15) is 24.5 Å². The van der Waals surface area contributed by atoms with Crippen molar-refractivity contribution >= 4 is 11.9 Å². The number of benzene rings is 1. The minimum absolute atomic E-state index is 0.0205. The van der Waals surface area contributed by atoms with Crippen LogP contribution in [0.2, 0.25) is 0 Å². The Bertz CT molecular complexity index is 522. The lowest BCUT2D eigenvalue weighted by Crippen LogP contribution is -2.53. The topological polar surface area (TPSA) is 52.7 Å². The van der Waals surface area contributed by atoms with Crippen molar-refractivity contribution in [3.63, 3.8) is 0 Å². The summed E-state index contributed by atoms with van der Waals surface area (Å²) in [7, 11) is 0. The van der Waals surface area contributed by atoms with E-state index in [1.165, 1.54) is 0 Å². The molecule has 0 atom stereocenters. The Hall–Kier alpha value is -2.04. The minimum Gasteiger partial charge on any atom is -0.339 e. The molecule has 0 bridgehead atoms. The van der Waals surface area contributed by atoms with Gasteiger partial charge in [0.2, 0.25) is 5.91 Å². The van der Waals surface area contributed by atoms with E-state index in [-0.39, 0.29) is 11.9 Å². The van der Waals surface area contributed by atoms with E-state index in [2.05, 4.69) is 5.32 Å². The van der Waals surface area contributed by atoms with E-state index in [9.17, 15) is 9.59 Å². The van der Waals surface area contributed by atoms with Crippen molar-refractivity contribution in [2.45, 2.75) is 26.7 Å². The van der Waals surface area contributed by atoms with E-state index in [0.29, 0.717) is 39.1 Å². The zero-order chi connectivity index (χ0) is 15.9. The Morgan fingerprint density at radius 3 is 2.36 bits per heavy atom. The van der Waals surface area contributed by atoms with Crippen LogP contribution < -0.4 is 5.32 Å². The lowest BCUT2D eigenvalue weighted by Gasteiger charge is -2.34. The van der Waals surface area contributed by atoms with Crippen molar-refractivity contribution in [1.29, 1.82) is 0 Å². The Balaban J connectivity index is 1.82. The largest absolute Gasteiger partial charge is 0.339 e. The molecule has 22 heavy (non-hydrogen) atoms. The summed E-state index contributed by atoms with van der Waals surface area (Å²) < 4.78 is 0. The zero-order valence-electron chi connectivity index (χ0n) is 13.5. The fraction of sp³-hybridized carbons (Fsp3) is 0.529. The normalized spacial score (nSPS) is 14.8. The molecule has 1 saturated heterocycles. The quantitative estimate of drug-likeness (QED) is 0.922. The van der Waals surface area contributed by atoms with Gasteiger partial charge in [0, 0.05) is 32.7 Å². The SMILES string of the molecule is CCCNC(=O)N1CCN(C(=O)Cc2ccccc2C)CC1. The number of carbonyl (C=O) groups excluding carboxylic acids is 2. The highest BCUT2D eigenvalue weighted by Crippen LogP contribution is 2.11. The molecule has 1 heterocycles. The first-order chi connectivity index (χ1) is 10.6. The van der Waals surface area contributed by atoms with Crippen LogP contribution in [0.25, 0.3) is 0 Å². The standard InChI is InChI=1S/C17H25N3O2/c1-3-8-18-17(22)20-11-9-19(10-12-20)16(21)13-15-7-5-4-6-14(15)2/h4-7H,3,8-13H2,1-2H3,(H,18,22). The highest BCUT2D eigenvalue weighted by molar-refractivity contribution is 5.80. The molecule has 1 aliphatic heterocycles. The molecular weight excluding hydrogens is 278 g/mol. The molecule has 5 nitrogen and oxygen atoms in total. The summed E-state index contributed by atoms with van der Waals surface area (Å²) >= 11 is 0. The number of hydrogen-bond donors (Lipinski definition) is 1. The highest BCUT2D eigenvalue weighted by Gasteiger charge is 2.23. The average molecular weight is 303 g/mol. The maximum Gasteiger partial charge on any atom is 0.317 e. The molecule has 2 rings (SSSR count). The number of rotatable bonds is 4. The van der Waals surface area contributed by atoms with Crippen LogP contribution in [0.4, 0.5) is 4.79 Å². The molecular formula is C17H25N3O2. The van der Waals surface area contributed by atoms with E-state index >= 15 is 0 Å². The molecule has 0 radical (unpaired) electrons. The Kier molecular flexibility index (Phi) is 5.81. The summed E-state index contributed by atoms with van der Waals surface area (Å²) in [6, 6.07) is 7.95. The first-order valence-electron chi connectivity index (χ1n) is 7.97. The van der Waals surface area contributed by atoms with Crippen molar-refractivity contribution in [1.82, 2.24) is 15.1 Å². The molecule has 0 spiro atoms. The molecule has 0 aliphatic carbocycles. The second-order valence-corrected chi connectivity index (χ2v) is 5.70. The maximum atomic E-state index is 12.4. The molecule has 0 aromatic heterocycles. The molecule has 1 aromatic carbocycles. The van der Waals surface area contributed by atoms with Gasteiger partial charge < -0.3 is 15.1 Å². The molecule has 3 amide bonds. The molecule has 1 N–H and O–H groups in total. The Morgan fingerprint density at radius 1 is 1.09 bits per heavy atom. The summed E-state index contributed by atoms with van der Waals surface area (Å²) in [5, 5.41) is 2.88. The molecule has 0 saturated carbocycles. The summed E-state index contributed by atoms with van der Waals surface area (Å²) in [6.45, 7) is 7.20. The molecule has 1 fully saturated rings. The van der Waals surface area contributed by atoms with Gasteiger partial charge in [-0.25, -0.2) is 4.79 Å². The van der Waals surface area contributed by atoms with E-state index in [1.54, 1.807) is 4.90 Å². The fourth-order valence-electron chi connectivity index (χ4n) is 2.59. The molecule has 5 heteroatoms. The van der Waals surface area contributed by atoms with Gasteiger partial charge in [-0.1, -0.05) is 31.2 Å². The van der Waals surface area contributed by atoms with Crippen molar-refractivity contribution in [2.24, 2.45) is 0 Å². The Labute approximate surface area is 132 Å². The fourth-order valence-corrected chi connectivity index (χ4v) is 2.59. The Morgan fingerprint density at radius 2 is 1.73 bits per heavy atom. The number of nitrogens with one attached hydrogen (secondary N) is 1. The summed E-state index contributed by atoms with van der Waals surface area (Å²) in [5.74, 6) is 0.142. The molecule has 1 aliphatic rings. The third-order valence-electron chi connectivity index (χ3n) is 4.05. The number of piperazine rings is 1. The van der Waals surface area contributed by atoms with Gasteiger partial charge in [-0.15, -0.1) is 0 Å². The summed E-state index contributed by atoms with van der Waals surface area (Å²) in [5.41, 5.74) is 2.23. The summed E-state index contributed by atoms with van der Waals surface area (Å²) in [4.78, 5) is 27.9. The van der Waals surface area contributed by atoms with Gasteiger partial charge in [-0.3, -0.25) is 4.79 Å². The smallest absolute Gasteiger partial charge is 0.317 e. The highest BCUT2D eigenvalue weighted by atomic mass is 16.2. The maximum absolute atomic E-state index is 12.4. The van der Waals surface area contributed by atoms with Crippen LogP contribution in [0.15, 0.2) is 24.3 Å². The van der Waals surface area contributed by atoms with Crippen LogP contribution in [0.3, 0.4) is 0 Å². The molecule has 1 aromatic rings. The van der Waals surface area contributed by atoms with Gasteiger partial charge in [-0.2, -0.15) is 0 Å². The lowest BCUT2D eigenvalue weighted by molar-refractivity contribution is -0.131. The third kappa shape index (κ3) is 4.23. The van der Waals surface area contributed by atoms with Gasteiger partial charge in [0.15, 0.2) is 0 Å². The number of amides is 3. The number of hydrogen-bond acceptors (Lipinski definition) is 2. The van der Waals surface area contributed by atoms with E-state index in [1.807, 2.05) is 43.0 Å². The molecule has 0 unspecified atom stereocenters. The van der Waals surface area contributed by atoms with Gasteiger partial charge in [0.25, 0.3) is 0 Å².